The molecular formula is C25H29FN2O4. The summed E-state index contributed by atoms with van der Waals surface area (Å²) in [6.07, 6.45) is 3.90. The highest BCUT2D eigenvalue weighted by Crippen LogP contribution is 2.21. The molecule has 0 spiro atoms. The maximum atomic E-state index is 12.9. The second-order valence-electron chi connectivity index (χ2n) is 8.40. The third kappa shape index (κ3) is 5.78. The number of nitrogens with zero attached hydrogens (tertiary/aromatic N) is 2. The molecule has 2 fully saturated rings. The van der Waals surface area contributed by atoms with Crippen LogP contribution in [0.5, 0.6) is 11.5 Å². The Kier molecular flexibility index (Phi) is 7.24. The molecule has 2 aromatic rings. The van der Waals surface area contributed by atoms with Gasteiger partial charge in [-0.15, -0.1) is 0 Å². The first-order valence-electron chi connectivity index (χ1n) is 11.3. The van der Waals surface area contributed by atoms with Crippen LogP contribution in [0, 0.1) is 11.7 Å². The van der Waals surface area contributed by atoms with E-state index in [4.69, 9.17) is 9.47 Å². The zero-order valence-corrected chi connectivity index (χ0v) is 18.2. The van der Waals surface area contributed by atoms with Gasteiger partial charge in [0.2, 0.25) is 0 Å². The third-order valence-electron chi connectivity index (χ3n) is 6.12. The van der Waals surface area contributed by atoms with Crippen LogP contribution in [0.3, 0.4) is 0 Å². The van der Waals surface area contributed by atoms with Crippen LogP contribution in [0.4, 0.5) is 4.39 Å². The fourth-order valence-electron chi connectivity index (χ4n) is 4.13. The zero-order valence-electron chi connectivity index (χ0n) is 18.2. The number of hydrogen-bond acceptors (Lipinski definition) is 4. The van der Waals surface area contributed by atoms with Gasteiger partial charge in [0.1, 0.15) is 17.3 Å². The lowest BCUT2D eigenvalue weighted by Gasteiger charge is -2.31. The van der Waals surface area contributed by atoms with E-state index in [2.05, 4.69) is 0 Å². The number of amides is 2. The summed E-state index contributed by atoms with van der Waals surface area (Å²) in [7, 11) is 0. The van der Waals surface area contributed by atoms with E-state index < -0.39 is 0 Å². The van der Waals surface area contributed by atoms with Crippen molar-refractivity contribution in [2.45, 2.75) is 25.7 Å². The number of piperidine rings is 1. The van der Waals surface area contributed by atoms with Crippen molar-refractivity contribution in [3.8, 4) is 11.5 Å². The van der Waals surface area contributed by atoms with E-state index in [1.807, 2.05) is 29.2 Å². The van der Waals surface area contributed by atoms with Crippen LogP contribution >= 0.6 is 0 Å². The van der Waals surface area contributed by atoms with Crippen molar-refractivity contribution in [1.82, 2.24) is 9.80 Å². The molecule has 2 heterocycles. The normalized spacial score (nSPS) is 16.8. The number of halogens is 1. The molecule has 0 saturated carbocycles. The number of carbonyl (C=O) groups is 2. The molecule has 2 aliphatic rings. The zero-order chi connectivity index (χ0) is 22.3. The molecule has 2 saturated heterocycles. The number of carbonyl (C=O) groups excluding carboxylic acids is 2. The average molecular weight is 441 g/mol. The second-order valence-corrected chi connectivity index (χ2v) is 8.40. The van der Waals surface area contributed by atoms with Gasteiger partial charge in [-0.1, -0.05) is 0 Å². The summed E-state index contributed by atoms with van der Waals surface area (Å²) in [5, 5.41) is 0. The molecule has 0 atom stereocenters. The van der Waals surface area contributed by atoms with Crippen LogP contribution in [0.2, 0.25) is 0 Å². The predicted molar refractivity (Wildman–Crippen MR) is 118 cm³/mol. The van der Waals surface area contributed by atoms with Gasteiger partial charge in [0, 0.05) is 31.7 Å². The van der Waals surface area contributed by atoms with Crippen LogP contribution in [0.25, 0.3) is 0 Å². The van der Waals surface area contributed by atoms with Crippen LogP contribution in [-0.4, -0.2) is 61.0 Å². The maximum absolute atomic E-state index is 12.9. The Morgan fingerprint density at radius 2 is 1.41 bits per heavy atom. The number of benzene rings is 2. The monoisotopic (exact) mass is 440 g/mol. The molecule has 7 heteroatoms. The fraction of sp³-hybridized carbons (Fsp3) is 0.440. The largest absolute Gasteiger partial charge is 0.493 e. The number of hydrogen-bond donors (Lipinski definition) is 0. The van der Waals surface area contributed by atoms with Crippen molar-refractivity contribution in [2.24, 2.45) is 5.92 Å². The van der Waals surface area contributed by atoms with E-state index in [0.29, 0.717) is 36.9 Å². The number of likely N-dealkylation sites (tertiary alicyclic amines) is 2. The smallest absolute Gasteiger partial charge is 0.260 e. The summed E-state index contributed by atoms with van der Waals surface area (Å²) in [5.74, 6) is 1.31. The summed E-state index contributed by atoms with van der Waals surface area (Å²) < 4.78 is 24.3. The van der Waals surface area contributed by atoms with Gasteiger partial charge >= 0.3 is 0 Å². The molecule has 4 rings (SSSR count). The van der Waals surface area contributed by atoms with Gasteiger partial charge in [-0.05, 0) is 80.1 Å². The van der Waals surface area contributed by atoms with Crippen LogP contribution in [-0.2, 0) is 4.79 Å². The van der Waals surface area contributed by atoms with Gasteiger partial charge in [0.05, 0.1) is 6.61 Å². The van der Waals surface area contributed by atoms with Crippen LogP contribution < -0.4 is 9.47 Å². The topological polar surface area (TPSA) is 59.1 Å². The molecule has 0 aromatic heterocycles. The fourth-order valence-corrected chi connectivity index (χ4v) is 4.13. The molecular weight excluding hydrogens is 411 g/mol. The molecule has 2 amide bonds. The summed E-state index contributed by atoms with van der Waals surface area (Å²) in [6.45, 7) is 3.57. The Bertz CT molecular complexity index is 903. The number of ether oxygens (including phenoxy) is 2. The van der Waals surface area contributed by atoms with E-state index in [9.17, 15) is 14.0 Å². The molecule has 0 radical (unpaired) electrons. The maximum Gasteiger partial charge on any atom is 0.260 e. The summed E-state index contributed by atoms with van der Waals surface area (Å²) in [4.78, 5) is 28.5. The van der Waals surface area contributed by atoms with E-state index in [1.54, 1.807) is 4.90 Å². The molecule has 32 heavy (non-hydrogen) atoms. The molecule has 6 nitrogen and oxygen atoms in total. The minimum atomic E-state index is -0.334. The highest BCUT2D eigenvalue weighted by molar-refractivity contribution is 5.94. The van der Waals surface area contributed by atoms with Gasteiger partial charge in [-0.2, -0.15) is 0 Å². The quantitative estimate of drug-likeness (QED) is 0.658. The Morgan fingerprint density at radius 3 is 2.06 bits per heavy atom. The first kappa shape index (κ1) is 22.1. The highest BCUT2D eigenvalue weighted by atomic mass is 19.1. The Balaban J connectivity index is 1.17. The lowest BCUT2D eigenvalue weighted by atomic mass is 9.98. The molecule has 170 valence electrons. The second kappa shape index (κ2) is 10.5. The van der Waals surface area contributed by atoms with Crippen molar-refractivity contribution in [2.75, 3.05) is 39.4 Å². The van der Waals surface area contributed by atoms with Crippen molar-refractivity contribution in [3.05, 3.63) is 59.9 Å². The van der Waals surface area contributed by atoms with E-state index in [1.165, 1.54) is 24.3 Å². The Hall–Kier alpha value is -3.09. The molecule has 0 unspecified atom stereocenters. The third-order valence-corrected chi connectivity index (χ3v) is 6.12. The van der Waals surface area contributed by atoms with Crippen molar-refractivity contribution < 1.29 is 23.5 Å². The summed E-state index contributed by atoms with van der Waals surface area (Å²) in [5.41, 5.74) is 0.703. The van der Waals surface area contributed by atoms with E-state index in [0.717, 1.165) is 44.5 Å². The van der Waals surface area contributed by atoms with Gasteiger partial charge < -0.3 is 19.3 Å². The van der Waals surface area contributed by atoms with Crippen molar-refractivity contribution in [3.63, 3.8) is 0 Å². The first-order chi connectivity index (χ1) is 15.6. The van der Waals surface area contributed by atoms with E-state index in [-0.39, 0.29) is 24.2 Å². The minimum absolute atomic E-state index is 0.0463. The molecule has 0 bridgehead atoms. The lowest BCUT2D eigenvalue weighted by molar-refractivity contribution is -0.134. The standard InChI is InChI=1S/C25H29FN2O4/c26-21-5-9-23(10-6-21)32-18-24(29)27-15-11-19(12-16-27)17-31-22-7-3-20(4-8-22)25(30)28-13-1-2-14-28/h3-10,19H,1-2,11-18H2. The summed E-state index contributed by atoms with van der Waals surface area (Å²) in [6, 6.07) is 13.0. The molecule has 0 aliphatic carbocycles. The number of rotatable bonds is 7. The Morgan fingerprint density at radius 1 is 0.812 bits per heavy atom. The minimum Gasteiger partial charge on any atom is -0.493 e. The Labute approximate surface area is 187 Å². The summed E-state index contributed by atoms with van der Waals surface area (Å²) >= 11 is 0. The van der Waals surface area contributed by atoms with Gasteiger partial charge in [-0.3, -0.25) is 9.59 Å². The molecule has 2 aliphatic heterocycles. The van der Waals surface area contributed by atoms with Gasteiger partial charge in [-0.25, -0.2) is 4.39 Å². The van der Waals surface area contributed by atoms with Crippen LogP contribution in [0.15, 0.2) is 48.5 Å². The molecule has 2 aromatic carbocycles. The average Bonchev–Trinajstić information content (AvgIpc) is 3.37. The van der Waals surface area contributed by atoms with Crippen LogP contribution in [0.1, 0.15) is 36.0 Å². The van der Waals surface area contributed by atoms with E-state index >= 15 is 0 Å². The highest BCUT2D eigenvalue weighted by Gasteiger charge is 2.24. The first-order valence-corrected chi connectivity index (χ1v) is 11.3. The SMILES string of the molecule is O=C(COc1ccc(F)cc1)N1CCC(COc2ccc(C(=O)N3CCCC3)cc2)CC1. The van der Waals surface area contributed by atoms with Crippen molar-refractivity contribution in [1.29, 1.82) is 0 Å². The van der Waals surface area contributed by atoms with Gasteiger partial charge in [0.15, 0.2) is 6.61 Å². The van der Waals surface area contributed by atoms with Gasteiger partial charge in [0.25, 0.3) is 11.8 Å². The molecule has 0 N–H and O–H groups in total. The lowest BCUT2D eigenvalue weighted by Crippen LogP contribution is -2.41. The predicted octanol–water partition coefficient (Wildman–Crippen LogP) is 3.76. The van der Waals surface area contributed by atoms with Crippen molar-refractivity contribution >= 4 is 11.8 Å².